The number of rotatable bonds is 1. The zero-order valence-corrected chi connectivity index (χ0v) is 9.71. The van der Waals surface area contributed by atoms with Gasteiger partial charge in [0.25, 0.3) is 11.2 Å². The van der Waals surface area contributed by atoms with Crippen LogP contribution >= 0.6 is 0 Å². The van der Waals surface area contributed by atoms with Crippen molar-refractivity contribution in [3.8, 4) is 0 Å². The molecule has 6 nitrogen and oxygen atoms in total. The van der Waals surface area contributed by atoms with Crippen molar-refractivity contribution in [2.75, 3.05) is 5.73 Å². The predicted molar refractivity (Wildman–Crippen MR) is 73.1 cm³/mol. The molecule has 0 radical (unpaired) electrons. The van der Waals surface area contributed by atoms with E-state index >= 15 is 0 Å². The van der Waals surface area contributed by atoms with E-state index in [1.165, 1.54) is 18.2 Å². The maximum atomic E-state index is 11.9. The van der Waals surface area contributed by atoms with Gasteiger partial charge in [-0.15, -0.1) is 0 Å². The lowest BCUT2D eigenvalue weighted by Gasteiger charge is -2.06. The zero-order valence-electron chi connectivity index (χ0n) is 9.71. The van der Waals surface area contributed by atoms with Gasteiger partial charge in [-0.25, -0.2) is 0 Å². The van der Waals surface area contributed by atoms with Crippen LogP contribution in [-0.4, -0.2) is 9.91 Å². The monoisotopic (exact) mass is 255 g/mol. The van der Waals surface area contributed by atoms with Crippen LogP contribution in [0.25, 0.3) is 21.7 Å². The summed E-state index contributed by atoms with van der Waals surface area (Å²) in [6.45, 7) is 0. The number of nitrogens with one attached hydrogen (secondary N) is 1. The van der Waals surface area contributed by atoms with Gasteiger partial charge in [0.2, 0.25) is 0 Å². The molecule has 0 atom stereocenters. The van der Waals surface area contributed by atoms with E-state index in [-0.39, 0.29) is 11.2 Å². The first-order valence-electron chi connectivity index (χ1n) is 5.56. The molecule has 0 saturated carbocycles. The molecule has 94 valence electrons. The number of nitrogens with two attached hydrogens (primary N) is 1. The van der Waals surface area contributed by atoms with E-state index < -0.39 is 4.92 Å². The third-order valence-corrected chi connectivity index (χ3v) is 3.07. The molecule has 0 aliphatic carbocycles. The molecular formula is C13H9N3O3. The fourth-order valence-corrected chi connectivity index (χ4v) is 2.21. The number of aromatic amines is 1. The van der Waals surface area contributed by atoms with Crippen molar-refractivity contribution < 1.29 is 4.92 Å². The minimum Gasteiger partial charge on any atom is -0.398 e. The summed E-state index contributed by atoms with van der Waals surface area (Å²) in [5.41, 5.74) is 6.55. The molecule has 0 aliphatic heterocycles. The maximum absolute atomic E-state index is 11.9. The van der Waals surface area contributed by atoms with Gasteiger partial charge in [-0.3, -0.25) is 14.9 Å². The number of fused-ring (bicyclic) bond motifs is 3. The summed E-state index contributed by atoms with van der Waals surface area (Å²) in [6.07, 6.45) is 0. The molecule has 0 amide bonds. The van der Waals surface area contributed by atoms with Crippen LogP contribution in [0.1, 0.15) is 0 Å². The normalized spacial score (nSPS) is 10.9. The summed E-state index contributed by atoms with van der Waals surface area (Å²) in [5, 5.41) is 12.4. The van der Waals surface area contributed by atoms with Crippen molar-refractivity contribution in [3.63, 3.8) is 0 Å². The van der Waals surface area contributed by atoms with E-state index in [2.05, 4.69) is 4.98 Å². The molecule has 0 unspecified atom stereocenters. The van der Waals surface area contributed by atoms with E-state index in [9.17, 15) is 14.9 Å². The average molecular weight is 255 g/mol. The van der Waals surface area contributed by atoms with Crippen molar-refractivity contribution >= 4 is 33.1 Å². The lowest BCUT2D eigenvalue weighted by Crippen LogP contribution is -2.07. The molecule has 0 spiro atoms. The Kier molecular flexibility index (Phi) is 2.25. The van der Waals surface area contributed by atoms with Gasteiger partial charge in [-0.2, -0.15) is 0 Å². The minimum atomic E-state index is -0.477. The number of nitrogen functional groups attached to an aromatic ring is 1. The van der Waals surface area contributed by atoms with Crippen molar-refractivity contribution in [2.45, 2.75) is 0 Å². The Morgan fingerprint density at radius 3 is 2.68 bits per heavy atom. The molecule has 0 aliphatic rings. The molecule has 3 aromatic rings. The zero-order chi connectivity index (χ0) is 13.6. The maximum Gasteiger partial charge on any atom is 0.270 e. The summed E-state index contributed by atoms with van der Waals surface area (Å²) in [6, 6.07) is 9.27. The second-order valence-electron chi connectivity index (χ2n) is 4.21. The lowest BCUT2D eigenvalue weighted by molar-refractivity contribution is -0.384. The number of nitrogens with zero attached hydrogens (tertiary/aromatic N) is 1. The van der Waals surface area contributed by atoms with Crippen LogP contribution in [0.2, 0.25) is 0 Å². The molecule has 3 rings (SSSR count). The summed E-state index contributed by atoms with van der Waals surface area (Å²) in [7, 11) is 0. The number of H-pyrrole nitrogens is 1. The highest BCUT2D eigenvalue weighted by Gasteiger charge is 2.12. The van der Waals surface area contributed by atoms with Crippen molar-refractivity contribution in [1.82, 2.24) is 4.98 Å². The van der Waals surface area contributed by atoms with Crippen LogP contribution in [0.5, 0.6) is 0 Å². The van der Waals surface area contributed by atoms with Crippen molar-refractivity contribution in [3.05, 3.63) is 56.9 Å². The van der Waals surface area contributed by atoms with Crippen molar-refractivity contribution in [2.24, 2.45) is 0 Å². The Morgan fingerprint density at radius 2 is 1.95 bits per heavy atom. The standard InChI is InChI=1S/C13H9N3O3/c14-10-3-1-2-8-12(10)9-6-7(16(18)19)4-5-11(9)15-13(8)17/h1-6H,14H2,(H,15,17). The van der Waals surface area contributed by atoms with Gasteiger partial charge in [0.1, 0.15) is 0 Å². The highest BCUT2D eigenvalue weighted by molar-refractivity contribution is 6.11. The molecule has 2 aromatic carbocycles. The Labute approximate surface area is 106 Å². The third-order valence-electron chi connectivity index (χ3n) is 3.07. The molecule has 1 heterocycles. The molecule has 0 fully saturated rings. The number of non-ortho nitro benzene ring substituents is 1. The number of pyridine rings is 1. The van der Waals surface area contributed by atoms with Crippen LogP contribution < -0.4 is 11.3 Å². The molecule has 3 N–H and O–H groups in total. The molecular weight excluding hydrogens is 246 g/mol. The minimum absolute atomic E-state index is 0.0379. The van der Waals surface area contributed by atoms with Gasteiger partial charge >= 0.3 is 0 Å². The van der Waals surface area contributed by atoms with Gasteiger partial charge in [-0.1, -0.05) is 6.07 Å². The van der Waals surface area contributed by atoms with Crippen LogP contribution in [0, 0.1) is 10.1 Å². The number of hydrogen-bond acceptors (Lipinski definition) is 4. The van der Waals surface area contributed by atoms with Gasteiger partial charge < -0.3 is 10.7 Å². The third kappa shape index (κ3) is 1.61. The number of nitro benzene ring substituents is 1. The Hall–Kier alpha value is -2.89. The molecule has 0 bridgehead atoms. The fraction of sp³-hybridized carbons (Fsp3) is 0. The number of aromatic nitrogens is 1. The summed E-state index contributed by atoms with van der Waals surface area (Å²) >= 11 is 0. The Morgan fingerprint density at radius 1 is 1.16 bits per heavy atom. The molecule has 0 saturated heterocycles. The largest absolute Gasteiger partial charge is 0.398 e. The first kappa shape index (κ1) is 11.2. The van der Waals surface area contributed by atoms with Gasteiger partial charge in [-0.05, 0) is 18.2 Å². The quantitative estimate of drug-likeness (QED) is 0.301. The topological polar surface area (TPSA) is 102 Å². The first-order valence-corrected chi connectivity index (χ1v) is 5.56. The van der Waals surface area contributed by atoms with E-state index in [4.69, 9.17) is 5.73 Å². The predicted octanol–water partition coefficient (Wildman–Crippen LogP) is 2.17. The molecule has 6 heteroatoms. The highest BCUT2D eigenvalue weighted by atomic mass is 16.6. The number of anilines is 1. The second-order valence-corrected chi connectivity index (χ2v) is 4.21. The van der Waals surface area contributed by atoms with Crippen molar-refractivity contribution in [1.29, 1.82) is 0 Å². The fourth-order valence-electron chi connectivity index (χ4n) is 2.21. The Bertz CT molecular complexity index is 883. The van der Waals surface area contributed by atoms with Crippen LogP contribution in [-0.2, 0) is 0 Å². The highest BCUT2D eigenvalue weighted by Crippen LogP contribution is 2.28. The number of hydrogen-bond donors (Lipinski definition) is 2. The lowest BCUT2D eigenvalue weighted by atomic mass is 10.0. The summed E-state index contributed by atoms with van der Waals surface area (Å²) < 4.78 is 0. The van der Waals surface area contributed by atoms with E-state index in [0.717, 1.165) is 0 Å². The van der Waals surface area contributed by atoms with Gasteiger partial charge in [0, 0.05) is 39.5 Å². The van der Waals surface area contributed by atoms with E-state index in [1.54, 1.807) is 18.2 Å². The van der Waals surface area contributed by atoms with Gasteiger partial charge in [0.15, 0.2) is 0 Å². The van der Waals surface area contributed by atoms with Gasteiger partial charge in [0.05, 0.1) is 4.92 Å². The van der Waals surface area contributed by atoms with E-state index in [0.29, 0.717) is 27.4 Å². The molecule has 19 heavy (non-hydrogen) atoms. The number of benzene rings is 2. The van der Waals surface area contributed by atoms with Crippen LogP contribution in [0.3, 0.4) is 0 Å². The molecule has 1 aromatic heterocycles. The average Bonchev–Trinajstić information content (AvgIpc) is 2.38. The SMILES string of the molecule is Nc1cccc2c(=O)[nH]c3ccc([N+](=O)[O-])cc3c12. The first-order chi connectivity index (χ1) is 9.08. The number of nitro groups is 1. The van der Waals surface area contributed by atoms with Crippen LogP contribution in [0.4, 0.5) is 11.4 Å². The Balaban J connectivity index is 2.59. The summed E-state index contributed by atoms with van der Waals surface area (Å²) in [5.74, 6) is 0. The summed E-state index contributed by atoms with van der Waals surface area (Å²) in [4.78, 5) is 25.0. The van der Waals surface area contributed by atoms with Crippen LogP contribution in [0.15, 0.2) is 41.2 Å². The smallest absolute Gasteiger partial charge is 0.270 e. The second kappa shape index (κ2) is 3.81. The van der Waals surface area contributed by atoms with E-state index in [1.807, 2.05) is 0 Å².